The molecule has 4 aromatic carbocycles. The van der Waals surface area contributed by atoms with Gasteiger partial charge < -0.3 is 4.74 Å². The Kier molecular flexibility index (Phi) is 8.13. The van der Waals surface area contributed by atoms with Crippen molar-refractivity contribution in [2.75, 3.05) is 6.54 Å². The van der Waals surface area contributed by atoms with Gasteiger partial charge in [0.25, 0.3) is 11.8 Å². The van der Waals surface area contributed by atoms with Crippen LogP contribution < -0.4 is 4.74 Å². The number of ketones is 1. The van der Waals surface area contributed by atoms with E-state index in [1.54, 1.807) is 42.5 Å². The SMILES string of the molecule is CC(C)Oc1ccc(C(=O)C[C@@H](Cc2ccc(-c3ccccc3)cc2)CN2C(=O)c3ccccc3C2=O)cc1Cl. The second-order valence-electron chi connectivity index (χ2n) is 10.3. The van der Waals surface area contributed by atoms with Crippen molar-refractivity contribution in [2.24, 2.45) is 5.92 Å². The second-order valence-corrected chi connectivity index (χ2v) is 10.7. The number of fused-ring (bicyclic) bond motifs is 1. The number of hydrogen-bond acceptors (Lipinski definition) is 4. The molecule has 202 valence electrons. The zero-order chi connectivity index (χ0) is 28.2. The monoisotopic (exact) mass is 551 g/mol. The van der Waals surface area contributed by atoms with Gasteiger partial charge in [0.1, 0.15) is 5.75 Å². The first-order chi connectivity index (χ1) is 19.3. The normalized spacial score (nSPS) is 13.4. The third-order valence-electron chi connectivity index (χ3n) is 6.99. The molecule has 1 atom stereocenters. The molecule has 2 amide bonds. The van der Waals surface area contributed by atoms with Gasteiger partial charge in [-0.3, -0.25) is 19.3 Å². The molecule has 0 spiro atoms. The van der Waals surface area contributed by atoms with E-state index in [4.69, 9.17) is 16.3 Å². The van der Waals surface area contributed by atoms with E-state index in [1.165, 1.54) is 4.90 Å². The van der Waals surface area contributed by atoms with Crippen LogP contribution in [0.1, 0.15) is 56.9 Å². The van der Waals surface area contributed by atoms with Crippen LogP contribution in [0.5, 0.6) is 5.75 Å². The smallest absolute Gasteiger partial charge is 0.261 e. The molecule has 4 aromatic rings. The van der Waals surface area contributed by atoms with Crippen LogP contribution in [-0.2, 0) is 6.42 Å². The van der Waals surface area contributed by atoms with Gasteiger partial charge >= 0.3 is 0 Å². The highest BCUT2D eigenvalue weighted by Gasteiger charge is 2.36. The molecule has 1 aliphatic heterocycles. The van der Waals surface area contributed by atoms with E-state index in [-0.39, 0.29) is 42.6 Å². The fourth-order valence-electron chi connectivity index (χ4n) is 5.07. The van der Waals surface area contributed by atoms with Crippen molar-refractivity contribution in [3.8, 4) is 16.9 Å². The minimum absolute atomic E-state index is 0.0450. The van der Waals surface area contributed by atoms with Crippen molar-refractivity contribution < 1.29 is 19.1 Å². The van der Waals surface area contributed by atoms with Crippen LogP contribution in [0.4, 0.5) is 0 Å². The molecule has 0 aromatic heterocycles. The lowest BCUT2D eigenvalue weighted by Gasteiger charge is -2.23. The van der Waals surface area contributed by atoms with Crippen molar-refractivity contribution in [1.29, 1.82) is 0 Å². The summed E-state index contributed by atoms with van der Waals surface area (Å²) in [7, 11) is 0. The molecule has 40 heavy (non-hydrogen) atoms. The number of carbonyl (C=O) groups excluding carboxylic acids is 3. The molecule has 0 radical (unpaired) electrons. The molecular formula is C34H30ClNO4. The van der Waals surface area contributed by atoms with Gasteiger partial charge in [-0.2, -0.15) is 0 Å². The molecule has 1 aliphatic rings. The standard InChI is InChI=1S/C34H30ClNO4/c1-22(2)40-32-17-16-27(20-30(32)35)31(37)19-24(21-36-33(38)28-10-6-7-11-29(28)34(36)39)18-23-12-14-26(15-13-23)25-8-4-3-5-9-25/h3-17,20,22,24H,18-19,21H2,1-2H3/t24-/m1/s1. The zero-order valence-electron chi connectivity index (χ0n) is 22.5. The Hall–Kier alpha value is -4.22. The van der Waals surface area contributed by atoms with Crippen LogP contribution >= 0.6 is 11.6 Å². The minimum Gasteiger partial charge on any atom is -0.489 e. The maximum atomic E-state index is 13.4. The van der Waals surface area contributed by atoms with E-state index in [1.807, 2.05) is 44.2 Å². The molecule has 0 saturated carbocycles. The maximum Gasteiger partial charge on any atom is 0.261 e. The Balaban J connectivity index is 1.38. The molecule has 0 aliphatic carbocycles. The number of halogens is 1. The predicted octanol–water partition coefficient (Wildman–Crippen LogP) is 7.52. The molecule has 5 nitrogen and oxygen atoms in total. The van der Waals surface area contributed by atoms with Crippen LogP contribution in [0.3, 0.4) is 0 Å². The van der Waals surface area contributed by atoms with Gasteiger partial charge in [-0.15, -0.1) is 0 Å². The van der Waals surface area contributed by atoms with E-state index < -0.39 is 0 Å². The lowest BCUT2D eigenvalue weighted by Crippen LogP contribution is -2.36. The molecule has 6 heteroatoms. The van der Waals surface area contributed by atoms with Gasteiger partial charge in [0.15, 0.2) is 5.78 Å². The Morgan fingerprint density at radius 1 is 0.800 bits per heavy atom. The highest BCUT2D eigenvalue weighted by Crippen LogP contribution is 2.30. The summed E-state index contributed by atoms with van der Waals surface area (Å²) < 4.78 is 5.70. The average Bonchev–Trinajstić information content (AvgIpc) is 3.19. The van der Waals surface area contributed by atoms with Gasteiger partial charge in [0.05, 0.1) is 22.3 Å². The molecule has 0 saturated heterocycles. The number of rotatable bonds is 10. The lowest BCUT2D eigenvalue weighted by molar-refractivity contribution is 0.0617. The fourth-order valence-corrected chi connectivity index (χ4v) is 5.29. The third kappa shape index (κ3) is 6.00. The van der Waals surface area contributed by atoms with Crippen molar-refractivity contribution in [3.63, 3.8) is 0 Å². The molecular weight excluding hydrogens is 522 g/mol. The molecule has 0 N–H and O–H groups in total. The maximum absolute atomic E-state index is 13.4. The Morgan fingerprint density at radius 2 is 1.40 bits per heavy atom. The van der Waals surface area contributed by atoms with Crippen molar-refractivity contribution in [3.05, 3.63) is 124 Å². The Morgan fingerprint density at radius 3 is 2.00 bits per heavy atom. The van der Waals surface area contributed by atoms with E-state index in [9.17, 15) is 14.4 Å². The van der Waals surface area contributed by atoms with Crippen LogP contribution in [0.15, 0.2) is 97.1 Å². The van der Waals surface area contributed by atoms with Crippen LogP contribution in [-0.4, -0.2) is 35.1 Å². The largest absolute Gasteiger partial charge is 0.489 e. The average molecular weight is 552 g/mol. The summed E-state index contributed by atoms with van der Waals surface area (Å²) >= 11 is 6.40. The van der Waals surface area contributed by atoms with Crippen LogP contribution in [0, 0.1) is 5.92 Å². The Bertz CT molecular complexity index is 1510. The van der Waals surface area contributed by atoms with Crippen molar-refractivity contribution in [2.45, 2.75) is 32.8 Å². The summed E-state index contributed by atoms with van der Waals surface area (Å²) in [6.07, 6.45) is 0.627. The Labute approximate surface area is 239 Å². The zero-order valence-corrected chi connectivity index (χ0v) is 23.2. The summed E-state index contributed by atoms with van der Waals surface area (Å²) in [5, 5.41) is 0.368. The van der Waals surface area contributed by atoms with Crippen molar-refractivity contribution in [1.82, 2.24) is 4.90 Å². The number of imide groups is 1. The van der Waals surface area contributed by atoms with Gasteiger partial charge in [-0.05, 0) is 73.2 Å². The first-order valence-corrected chi connectivity index (χ1v) is 13.8. The number of benzene rings is 4. The summed E-state index contributed by atoms with van der Waals surface area (Å²) in [6, 6.07) is 30.2. The number of nitrogens with zero attached hydrogens (tertiary/aromatic N) is 1. The highest BCUT2D eigenvalue weighted by atomic mass is 35.5. The van der Waals surface area contributed by atoms with Gasteiger partial charge in [-0.25, -0.2) is 0 Å². The fraction of sp³-hybridized carbons (Fsp3) is 0.206. The molecule has 0 unspecified atom stereocenters. The number of ether oxygens (including phenoxy) is 1. The van der Waals surface area contributed by atoms with E-state index >= 15 is 0 Å². The highest BCUT2D eigenvalue weighted by molar-refractivity contribution is 6.32. The predicted molar refractivity (Wildman–Crippen MR) is 157 cm³/mol. The summed E-state index contributed by atoms with van der Waals surface area (Å²) in [5.41, 5.74) is 4.50. The summed E-state index contributed by atoms with van der Waals surface area (Å²) in [5.74, 6) is -0.524. The van der Waals surface area contributed by atoms with Crippen LogP contribution in [0.2, 0.25) is 5.02 Å². The molecule has 1 heterocycles. The van der Waals surface area contributed by atoms with Crippen molar-refractivity contribution >= 4 is 29.2 Å². The quantitative estimate of drug-likeness (QED) is 0.151. The van der Waals surface area contributed by atoms with Gasteiger partial charge in [0.2, 0.25) is 0 Å². The first kappa shape index (κ1) is 27.4. The first-order valence-electron chi connectivity index (χ1n) is 13.4. The molecule has 0 fully saturated rings. The van der Waals surface area contributed by atoms with Gasteiger partial charge in [0, 0.05) is 18.5 Å². The number of carbonyl (C=O) groups is 3. The van der Waals surface area contributed by atoms with Crippen LogP contribution in [0.25, 0.3) is 11.1 Å². The van der Waals surface area contributed by atoms with E-state index in [0.717, 1.165) is 16.7 Å². The van der Waals surface area contributed by atoms with E-state index in [2.05, 4.69) is 24.3 Å². The molecule has 0 bridgehead atoms. The number of hydrogen-bond donors (Lipinski definition) is 0. The number of Topliss-reactive ketones (excluding diaryl/α,β-unsaturated/α-hetero) is 1. The summed E-state index contributed by atoms with van der Waals surface area (Å²) in [6.45, 7) is 3.96. The summed E-state index contributed by atoms with van der Waals surface area (Å²) in [4.78, 5) is 40.9. The van der Waals surface area contributed by atoms with Gasteiger partial charge in [-0.1, -0.05) is 78.3 Å². The second kappa shape index (κ2) is 11.9. The topological polar surface area (TPSA) is 63.7 Å². The number of amides is 2. The lowest BCUT2D eigenvalue weighted by atomic mass is 9.90. The molecule has 5 rings (SSSR count). The minimum atomic E-state index is -0.323. The van der Waals surface area contributed by atoms with E-state index in [0.29, 0.717) is 33.9 Å². The third-order valence-corrected chi connectivity index (χ3v) is 7.29.